The number of hydrogen-bond donors (Lipinski definition) is 1. The Morgan fingerprint density at radius 3 is 3.08 bits per heavy atom. The van der Waals surface area contributed by atoms with Crippen molar-refractivity contribution in [1.82, 2.24) is 15.0 Å². The third-order valence-corrected chi connectivity index (χ3v) is 4.14. The minimum atomic E-state index is -1.47. The fourth-order valence-corrected chi connectivity index (χ4v) is 3.03. The van der Waals surface area contributed by atoms with Crippen LogP contribution in [-0.4, -0.2) is 34.1 Å². The number of halogens is 2. The van der Waals surface area contributed by atoms with Crippen LogP contribution in [0.2, 0.25) is 0 Å². The molecule has 6 nitrogen and oxygen atoms in total. The van der Waals surface area contributed by atoms with Crippen LogP contribution >= 0.6 is 11.3 Å². The average Bonchev–Trinajstić information content (AvgIpc) is 3.05. The Balaban J connectivity index is 1.83. The molecule has 0 spiro atoms. The summed E-state index contributed by atoms with van der Waals surface area (Å²) in [5.74, 6) is -1.02. The molecule has 0 radical (unpaired) electrons. The molecular formula is C15H12F2N4O2S. The normalized spacial score (nSPS) is 17.0. The molecule has 1 aliphatic carbocycles. The molecule has 1 amide bonds. The lowest BCUT2D eigenvalue weighted by atomic mass is 10.0. The first-order chi connectivity index (χ1) is 11.6. The highest BCUT2D eigenvalue weighted by Crippen LogP contribution is 2.33. The number of carbonyl (C=O) groups is 1. The van der Waals surface area contributed by atoms with E-state index in [2.05, 4.69) is 20.3 Å². The first-order valence-corrected chi connectivity index (χ1v) is 7.79. The van der Waals surface area contributed by atoms with E-state index in [1.54, 1.807) is 0 Å². The van der Waals surface area contributed by atoms with Gasteiger partial charge in [0.25, 0.3) is 5.91 Å². The lowest BCUT2D eigenvalue weighted by Crippen LogP contribution is -2.14. The molecule has 2 aromatic heterocycles. The summed E-state index contributed by atoms with van der Waals surface area (Å²) in [6.45, 7) is 0. The molecule has 9 heteroatoms. The molecule has 0 bridgehead atoms. The van der Waals surface area contributed by atoms with Crippen molar-refractivity contribution in [2.75, 3.05) is 12.4 Å². The van der Waals surface area contributed by atoms with Crippen molar-refractivity contribution < 1.29 is 18.3 Å². The van der Waals surface area contributed by atoms with Crippen LogP contribution in [0, 0.1) is 0 Å². The number of anilines is 1. The summed E-state index contributed by atoms with van der Waals surface area (Å²) in [5.41, 5.74) is 0.194. The van der Waals surface area contributed by atoms with Gasteiger partial charge in [0, 0.05) is 11.8 Å². The number of ether oxygens (including phenoxy) is 1. The van der Waals surface area contributed by atoms with Gasteiger partial charge in [-0.05, 0) is 6.08 Å². The first-order valence-electron chi connectivity index (χ1n) is 6.91. The number of hydrogen-bond acceptors (Lipinski definition) is 6. The minimum absolute atomic E-state index is 0.0444. The van der Waals surface area contributed by atoms with Crippen molar-refractivity contribution in [2.24, 2.45) is 0 Å². The number of alkyl halides is 1. The van der Waals surface area contributed by atoms with Gasteiger partial charge < -0.3 is 10.1 Å². The maximum absolute atomic E-state index is 13.9. The van der Waals surface area contributed by atoms with Crippen molar-refractivity contribution in [3.8, 4) is 5.88 Å². The monoisotopic (exact) mass is 350 g/mol. The number of allylic oxidation sites excluding steroid dienone is 4. The number of methoxy groups -OCH3 is 1. The highest BCUT2D eigenvalue weighted by Gasteiger charge is 2.25. The van der Waals surface area contributed by atoms with Gasteiger partial charge in [-0.2, -0.15) is 4.98 Å². The molecule has 2 aromatic rings. The van der Waals surface area contributed by atoms with Gasteiger partial charge in [0.2, 0.25) is 5.88 Å². The topological polar surface area (TPSA) is 77.0 Å². The Morgan fingerprint density at radius 1 is 1.50 bits per heavy atom. The van der Waals surface area contributed by atoms with Gasteiger partial charge in [-0.3, -0.25) is 4.79 Å². The molecule has 2 heterocycles. The van der Waals surface area contributed by atoms with Crippen LogP contribution in [0.1, 0.15) is 21.9 Å². The second kappa shape index (κ2) is 6.83. The summed E-state index contributed by atoms with van der Waals surface area (Å²) in [6, 6.07) is 0. The van der Waals surface area contributed by atoms with E-state index in [4.69, 9.17) is 4.74 Å². The van der Waals surface area contributed by atoms with Crippen LogP contribution in [0.4, 0.5) is 14.5 Å². The Morgan fingerprint density at radius 2 is 2.33 bits per heavy atom. The van der Waals surface area contributed by atoms with Crippen molar-refractivity contribution in [3.05, 3.63) is 46.6 Å². The Kier molecular flexibility index (Phi) is 4.61. The summed E-state index contributed by atoms with van der Waals surface area (Å²) in [7, 11) is 1.41. The second-order valence-corrected chi connectivity index (χ2v) is 5.66. The van der Waals surface area contributed by atoms with Gasteiger partial charge in [-0.15, -0.1) is 11.3 Å². The van der Waals surface area contributed by atoms with Gasteiger partial charge in [0.1, 0.15) is 34.7 Å². The zero-order valence-electron chi connectivity index (χ0n) is 12.5. The van der Waals surface area contributed by atoms with Gasteiger partial charge in [-0.25, -0.2) is 18.7 Å². The number of rotatable bonds is 4. The van der Waals surface area contributed by atoms with E-state index in [0.717, 1.165) is 11.3 Å². The van der Waals surface area contributed by atoms with Crippen LogP contribution in [0.5, 0.6) is 5.88 Å². The summed E-state index contributed by atoms with van der Waals surface area (Å²) >= 11 is 1.01. The molecule has 124 valence electrons. The number of carbonyl (C=O) groups excluding carboxylic acids is 1. The van der Waals surface area contributed by atoms with E-state index in [0.29, 0.717) is 0 Å². The molecule has 0 aromatic carbocycles. The molecule has 1 aliphatic rings. The van der Waals surface area contributed by atoms with Crippen LogP contribution in [0.25, 0.3) is 5.57 Å². The van der Waals surface area contributed by atoms with Gasteiger partial charge in [0.15, 0.2) is 0 Å². The Hall–Kier alpha value is -2.68. The zero-order chi connectivity index (χ0) is 17.1. The highest BCUT2D eigenvalue weighted by atomic mass is 32.1. The smallest absolute Gasteiger partial charge is 0.275 e. The third-order valence-electron chi connectivity index (χ3n) is 3.26. The molecule has 0 saturated carbocycles. The van der Waals surface area contributed by atoms with Gasteiger partial charge in [-0.1, -0.05) is 6.08 Å². The van der Waals surface area contributed by atoms with E-state index in [-0.39, 0.29) is 34.3 Å². The summed E-state index contributed by atoms with van der Waals surface area (Å²) in [6.07, 6.45) is 3.90. The SMILES string of the molecule is COc1ncncc1NC(=O)c1csc(C2=C(F)C=CCC2F)n1. The summed E-state index contributed by atoms with van der Waals surface area (Å²) < 4.78 is 32.8. The Labute approximate surface area is 139 Å². The van der Waals surface area contributed by atoms with Crippen molar-refractivity contribution >= 4 is 28.5 Å². The fourth-order valence-electron chi connectivity index (χ4n) is 2.14. The van der Waals surface area contributed by atoms with Crippen molar-refractivity contribution in [1.29, 1.82) is 0 Å². The lowest BCUT2D eigenvalue weighted by Gasteiger charge is -2.12. The number of nitrogens with one attached hydrogen (secondary N) is 1. The molecule has 1 unspecified atom stereocenters. The third kappa shape index (κ3) is 3.16. The number of amides is 1. The van der Waals surface area contributed by atoms with E-state index in [1.165, 1.54) is 37.2 Å². The molecule has 0 fully saturated rings. The maximum atomic E-state index is 13.9. The van der Waals surface area contributed by atoms with Crippen LogP contribution < -0.4 is 10.1 Å². The van der Waals surface area contributed by atoms with Gasteiger partial charge >= 0.3 is 0 Å². The molecule has 1 N–H and O–H groups in total. The number of thiazole rings is 1. The molecule has 3 rings (SSSR count). The van der Waals surface area contributed by atoms with Crippen molar-refractivity contribution in [2.45, 2.75) is 12.6 Å². The fraction of sp³-hybridized carbons (Fsp3) is 0.200. The van der Waals surface area contributed by atoms with Gasteiger partial charge in [0.05, 0.1) is 18.9 Å². The zero-order valence-corrected chi connectivity index (χ0v) is 13.3. The molecule has 0 aliphatic heterocycles. The highest BCUT2D eigenvalue weighted by molar-refractivity contribution is 7.11. The predicted octanol–water partition coefficient (Wildman–Crippen LogP) is 3.17. The summed E-state index contributed by atoms with van der Waals surface area (Å²) in [5, 5.41) is 4.14. The molecule has 24 heavy (non-hydrogen) atoms. The Bertz CT molecular complexity index is 834. The molecule has 0 saturated heterocycles. The predicted molar refractivity (Wildman–Crippen MR) is 85.3 cm³/mol. The second-order valence-electron chi connectivity index (χ2n) is 4.80. The van der Waals surface area contributed by atoms with E-state index in [9.17, 15) is 13.6 Å². The van der Waals surface area contributed by atoms with Crippen LogP contribution in [0.3, 0.4) is 0 Å². The maximum Gasteiger partial charge on any atom is 0.275 e. The van der Waals surface area contributed by atoms with E-state index < -0.39 is 17.9 Å². The first kappa shape index (κ1) is 16.2. The van der Waals surface area contributed by atoms with Crippen LogP contribution in [0.15, 0.2) is 35.9 Å². The molecular weight excluding hydrogens is 338 g/mol. The standard InChI is InChI=1S/C15H12F2N4O2S/c1-23-14-10(5-18-7-19-14)20-13(22)11-6-24-15(21-11)12-8(16)3-2-4-9(12)17/h2-3,5-7,9H,4H2,1H3,(H,20,22). The molecule has 1 atom stereocenters. The largest absolute Gasteiger partial charge is 0.479 e. The number of aromatic nitrogens is 3. The summed E-state index contributed by atoms with van der Waals surface area (Å²) in [4.78, 5) is 23.9. The van der Waals surface area contributed by atoms with Crippen LogP contribution in [-0.2, 0) is 0 Å². The average molecular weight is 350 g/mol. The van der Waals surface area contributed by atoms with Crippen molar-refractivity contribution in [3.63, 3.8) is 0 Å². The number of nitrogens with zero attached hydrogens (tertiary/aromatic N) is 3. The lowest BCUT2D eigenvalue weighted by molar-refractivity contribution is 0.102. The van der Waals surface area contributed by atoms with E-state index >= 15 is 0 Å². The van der Waals surface area contributed by atoms with E-state index in [1.807, 2.05) is 0 Å². The minimum Gasteiger partial charge on any atom is -0.479 e. The quantitative estimate of drug-likeness (QED) is 0.916.